The van der Waals surface area contributed by atoms with E-state index < -0.39 is 0 Å². The maximum Gasteiger partial charge on any atom is 0.250 e. The summed E-state index contributed by atoms with van der Waals surface area (Å²) in [5, 5.41) is 9.09. The molecule has 0 N–H and O–H groups in total. The maximum atomic E-state index is 12.7. The molecule has 27 heavy (non-hydrogen) atoms. The van der Waals surface area contributed by atoms with E-state index in [0.717, 1.165) is 24.2 Å². The topological polar surface area (TPSA) is 73.0 Å². The summed E-state index contributed by atoms with van der Waals surface area (Å²) in [4.78, 5) is 26.1. The molecule has 0 atom stereocenters. The minimum absolute atomic E-state index is 0.0663. The molecule has 8 heteroatoms. The lowest BCUT2D eigenvalue weighted by atomic mass is 10.2. The number of thioether (sulfide) groups is 1. The van der Waals surface area contributed by atoms with Crippen LogP contribution in [0.5, 0.6) is 0 Å². The highest BCUT2D eigenvalue weighted by molar-refractivity contribution is 7.99. The van der Waals surface area contributed by atoms with E-state index in [0.29, 0.717) is 16.7 Å². The lowest BCUT2D eigenvalue weighted by Crippen LogP contribution is -2.30. The molecule has 0 saturated heterocycles. The Morgan fingerprint density at radius 3 is 2.78 bits per heavy atom. The average Bonchev–Trinajstić information content (AvgIpc) is 3.26. The van der Waals surface area contributed by atoms with Gasteiger partial charge in [0.1, 0.15) is 0 Å². The number of rotatable bonds is 4. The van der Waals surface area contributed by atoms with Gasteiger partial charge in [-0.05, 0) is 24.1 Å². The van der Waals surface area contributed by atoms with Crippen molar-refractivity contribution in [2.24, 2.45) is 14.1 Å². The largest absolute Gasteiger partial charge is 0.318 e. The molecule has 1 aliphatic rings. The van der Waals surface area contributed by atoms with E-state index >= 15 is 0 Å². The number of aryl methyl sites for hydroxylation is 1. The number of anilines is 1. The number of hydrogen-bond donors (Lipinski definition) is 0. The number of amides is 1. The first-order chi connectivity index (χ1) is 13.0. The minimum atomic E-state index is -0.0768. The highest BCUT2D eigenvalue weighted by Gasteiger charge is 2.24. The van der Waals surface area contributed by atoms with Gasteiger partial charge < -0.3 is 14.0 Å². The smallest absolute Gasteiger partial charge is 0.250 e. The van der Waals surface area contributed by atoms with Crippen LogP contribution in [0.25, 0.3) is 11.4 Å². The van der Waals surface area contributed by atoms with E-state index in [-0.39, 0.29) is 11.5 Å². The second-order valence-electron chi connectivity index (χ2n) is 6.44. The van der Waals surface area contributed by atoms with Gasteiger partial charge in [0.2, 0.25) is 11.5 Å². The molecule has 3 aromatic rings. The van der Waals surface area contributed by atoms with Crippen molar-refractivity contribution in [1.82, 2.24) is 19.3 Å². The van der Waals surface area contributed by atoms with Gasteiger partial charge in [0.25, 0.3) is 0 Å². The molecular formula is C19H19N5O2S. The Morgan fingerprint density at radius 2 is 1.96 bits per heavy atom. The summed E-state index contributed by atoms with van der Waals surface area (Å²) >= 11 is 1.37. The van der Waals surface area contributed by atoms with Crippen LogP contribution >= 0.6 is 11.8 Å². The zero-order valence-electron chi connectivity index (χ0n) is 15.1. The molecule has 0 aliphatic carbocycles. The third-order valence-corrected chi connectivity index (χ3v) is 5.70. The quantitative estimate of drug-likeness (QED) is 0.645. The van der Waals surface area contributed by atoms with Gasteiger partial charge in [-0.2, -0.15) is 0 Å². The molecule has 3 heterocycles. The molecule has 2 aromatic heterocycles. The number of carbonyl (C=O) groups is 1. The van der Waals surface area contributed by atoms with E-state index in [1.54, 1.807) is 19.3 Å². The predicted octanol–water partition coefficient (Wildman–Crippen LogP) is 1.86. The molecule has 0 unspecified atom stereocenters. The second kappa shape index (κ2) is 7.03. The van der Waals surface area contributed by atoms with Crippen molar-refractivity contribution < 1.29 is 4.79 Å². The van der Waals surface area contributed by atoms with Gasteiger partial charge in [-0.25, -0.2) is 0 Å². The van der Waals surface area contributed by atoms with Crippen LogP contribution in [-0.2, 0) is 25.3 Å². The van der Waals surface area contributed by atoms with E-state index in [9.17, 15) is 9.59 Å². The number of aromatic nitrogens is 4. The number of para-hydroxylation sites is 1. The zero-order valence-corrected chi connectivity index (χ0v) is 15.9. The SMILES string of the molecule is Cn1c(SCC(=O)N2CCc3ccccc32)nnc1-c1ccc(=O)n(C)c1. The summed E-state index contributed by atoms with van der Waals surface area (Å²) in [6, 6.07) is 11.3. The second-order valence-corrected chi connectivity index (χ2v) is 7.39. The van der Waals surface area contributed by atoms with Crippen molar-refractivity contribution in [2.75, 3.05) is 17.2 Å². The summed E-state index contributed by atoms with van der Waals surface area (Å²) in [5.74, 6) is 1.02. The Hall–Kier alpha value is -2.87. The van der Waals surface area contributed by atoms with E-state index in [2.05, 4.69) is 16.3 Å². The van der Waals surface area contributed by atoms with E-state index in [4.69, 9.17) is 0 Å². The van der Waals surface area contributed by atoms with Gasteiger partial charge in [-0.3, -0.25) is 9.59 Å². The van der Waals surface area contributed by atoms with E-state index in [1.807, 2.05) is 34.7 Å². The minimum Gasteiger partial charge on any atom is -0.318 e. The molecule has 1 aliphatic heterocycles. The summed E-state index contributed by atoms with van der Waals surface area (Å²) in [6.07, 6.45) is 2.63. The summed E-state index contributed by atoms with van der Waals surface area (Å²) in [6.45, 7) is 0.723. The fraction of sp³-hybridized carbons (Fsp3) is 0.263. The number of nitrogens with zero attached hydrogens (tertiary/aromatic N) is 5. The summed E-state index contributed by atoms with van der Waals surface area (Å²) in [5.41, 5.74) is 2.95. The molecule has 0 bridgehead atoms. The number of pyridine rings is 1. The molecule has 0 saturated carbocycles. The van der Waals surface area contributed by atoms with Crippen LogP contribution in [0.3, 0.4) is 0 Å². The Labute approximate surface area is 160 Å². The van der Waals surface area contributed by atoms with Crippen molar-refractivity contribution in [2.45, 2.75) is 11.6 Å². The van der Waals surface area contributed by atoms with Crippen LogP contribution in [0.2, 0.25) is 0 Å². The van der Waals surface area contributed by atoms with Crippen molar-refractivity contribution in [3.63, 3.8) is 0 Å². The first kappa shape index (κ1) is 17.5. The Balaban J connectivity index is 1.48. The number of fused-ring (bicyclic) bond motifs is 1. The van der Waals surface area contributed by atoms with Crippen LogP contribution in [-0.4, -0.2) is 37.5 Å². The molecular weight excluding hydrogens is 362 g/mol. The normalized spacial score (nSPS) is 13.0. The van der Waals surface area contributed by atoms with Crippen molar-refractivity contribution in [3.8, 4) is 11.4 Å². The number of benzene rings is 1. The van der Waals surface area contributed by atoms with Crippen molar-refractivity contribution >= 4 is 23.4 Å². The third kappa shape index (κ3) is 3.28. The first-order valence-electron chi connectivity index (χ1n) is 8.62. The Kier molecular flexibility index (Phi) is 4.57. The summed E-state index contributed by atoms with van der Waals surface area (Å²) < 4.78 is 3.35. The van der Waals surface area contributed by atoms with Crippen LogP contribution in [0, 0.1) is 0 Å². The first-order valence-corrected chi connectivity index (χ1v) is 9.60. The predicted molar refractivity (Wildman–Crippen MR) is 105 cm³/mol. The van der Waals surface area contributed by atoms with Gasteiger partial charge in [0, 0.05) is 44.2 Å². The van der Waals surface area contributed by atoms with E-state index in [1.165, 1.54) is 28.0 Å². The molecule has 7 nitrogen and oxygen atoms in total. The fourth-order valence-electron chi connectivity index (χ4n) is 3.22. The fourth-order valence-corrected chi connectivity index (χ4v) is 4.01. The lowest BCUT2D eigenvalue weighted by molar-refractivity contribution is -0.116. The third-order valence-electron chi connectivity index (χ3n) is 4.69. The van der Waals surface area contributed by atoms with Gasteiger partial charge in [0.05, 0.1) is 5.75 Å². The molecule has 0 spiro atoms. The number of hydrogen-bond acceptors (Lipinski definition) is 5. The van der Waals surface area contributed by atoms with Gasteiger partial charge in [-0.15, -0.1) is 10.2 Å². The highest BCUT2D eigenvalue weighted by atomic mass is 32.2. The number of carbonyl (C=O) groups excluding carboxylic acids is 1. The average molecular weight is 381 g/mol. The maximum absolute atomic E-state index is 12.7. The molecule has 0 fully saturated rings. The van der Waals surface area contributed by atoms with Gasteiger partial charge in [-0.1, -0.05) is 30.0 Å². The standard InChI is InChI=1S/C19H19N5O2S/c1-22-11-14(7-8-16(22)25)18-20-21-19(23(18)2)27-12-17(26)24-10-9-13-5-3-4-6-15(13)24/h3-8,11H,9-10,12H2,1-2H3. The van der Waals surface area contributed by atoms with Gasteiger partial charge in [0.15, 0.2) is 11.0 Å². The van der Waals surface area contributed by atoms with Gasteiger partial charge >= 0.3 is 0 Å². The molecule has 1 amide bonds. The van der Waals surface area contributed by atoms with Crippen LogP contribution in [0.1, 0.15) is 5.56 Å². The van der Waals surface area contributed by atoms with Crippen molar-refractivity contribution in [1.29, 1.82) is 0 Å². The molecule has 138 valence electrons. The van der Waals surface area contributed by atoms with Crippen LogP contribution < -0.4 is 10.5 Å². The zero-order chi connectivity index (χ0) is 19.0. The van der Waals surface area contributed by atoms with Crippen molar-refractivity contribution in [3.05, 3.63) is 58.5 Å². The van der Waals surface area contributed by atoms with Crippen LogP contribution in [0.15, 0.2) is 52.5 Å². The molecule has 0 radical (unpaired) electrons. The Morgan fingerprint density at radius 1 is 1.15 bits per heavy atom. The monoisotopic (exact) mass is 381 g/mol. The summed E-state index contributed by atoms with van der Waals surface area (Å²) in [7, 11) is 3.56. The highest BCUT2D eigenvalue weighted by Crippen LogP contribution is 2.29. The Bertz CT molecular complexity index is 1070. The van der Waals surface area contributed by atoms with Crippen LogP contribution in [0.4, 0.5) is 5.69 Å². The molecule has 4 rings (SSSR count). The molecule has 1 aromatic carbocycles. The lowest BCUT2D eigenvalue weighted by Gasteiger charge is -2.16.